The van der Waals surface area contributed by atoms with E-state index in [0.717, 1.165) is 5.56 Å². The smallest absolute Gasteiger partial charge is 0.220 e. The summed E-state index contributed by atoms with van der Waals surface area (Å²) in [5, 5.41) is 2.70. The fraction of sp³-hybridized carbons (Fsp3) is 0.429. The Bertz CT molecular complexity index is 404. The molecular weight excluding hydrogens is 228 g/mol. The summed E-state index contributed by atoms with van der Waals surface area (Å²) in [6.45, 7) is 6.01. The third-order valence-electron chi connectivity index (χ3n) is 2.88. The zero-order valence-electron chi connectivity index (χ0n) is 11.1. The number of hydrogen-bond acceptors (Lipinski definition) is 2. The standard InChI is InChI=1S/C14H20N2O2/c1-11(14-7-5-4-6-8-14)16(13(3)18)10-9-15-12(2)17/h4-8,11H,9-10H2,1-3H3,(H,15,17). The minimum absolute atomic E-state index is 0.0108. The van der Waals surface area contributed by atoms with E-state index in [1.807, 2.05) is 37.3 Å². The monoisotopic (exact) mass is 248 g/mol. The molecule has 0 bridgehead atoms. The van der Waals surface area contributed by atoms with Gasteiger partial charge in [-0.25, -0.2) is 0 Å². The highest BCUT2D eigenvalue weighted by Crippen LogP contribution is 2.19. The van der Waals surface area contributed by atoms with Crippen molar-refractivity contribution in [3.8, 4) is 0 Å². The fourth-order valence-electron chi connectivity index (χ4n) is 1.89. The SMILES string of the molecule is CC(=O)NCCN(C(C)=O)C(C)c1ccccc1. The molecular formula is C14H20N2O2. The van der Waals surface area contributed by atoms with Crippen LogP contribution < -0.4 is 5.32 Å². The number of nitrogens with zero attached hydrogens (tertiary/aromatic N) is 1. The first-order valence-corrected chi connectivity index (χ1v) is 6.09. The van der Waals surface area contributed by atoms with E-state index in [2.05, 4.69) is 5.32 Å². The van der Waals surface area contributed by atoms with Crippen molar-refractivity contribution in [3.05, 3.63) is 35.9 Å². The molecule has 1 atom stereocenters. The maximum absolute atomic E-state index is 11.6. The molecule has 1 aromatic rings. The van der Waals surface area contributed by atoms with Crippen molar-refractivity contribution in [2.24, 2.45) is 0 Å². The molecule has 4 heteroatoms. The minimum Gasteiger partial charge on any atom is -0.355 e. The molecule has 0 radical (unpaired) electrons. The second-order valence-corrected chi connectivity index (χ2v) is 4.28. The summed E-state index contributed by atoms with van der Waals surface area (Å²) in [6, 6.07) is 9.87. The van der Waals surface area contributed by atoms with Gasteiger partial charge in [0.05, 0.1) is 6.04 Å². The average molecular weight is 248 g/mol. The van der Waals surface area contributed by atoms with Gasteiger partial charge in [0.1, 0.15) is 0 Å². The van der Waals surface area contributed by atoms with Crippen LogP contribution in [0.2, 0.25) is 0 Å². The highest BCUT2D eigenvalue weighted by Gasteiger charge is 2.17. The van der Waals surface area contributed by atoms with Crippen LogP contribution in [0.5, 0.6) is 0 Å². The zero-order valence-corrected chi connectivity index (χ0v) is 11.1. The molecule has 0 saturated heterocycles. The lowest BCUT2D eigenvalue weighted by Crippen LogP contribution is -2.38. The largest absolute Gasteiger partial charge is 0.355 e. The van der Waals surface area contributed by atoms with Gasteiger partial charge < -0.3 is 10.2 Å². The Kier molecular flexibility index (Phi) is 5.36. The zero-order chi connectivity index (χ0) is 13.5. The number of amides is 2. The lowest BCUT2D eigenvalue weighted by molar-refractivity contribution is -0.131. The summed E-state index contributed by atoms with van der Waals surface area (Å²) in [5.41, 5.74) is 1.09. The molecule has 2 amide bonds. The molecule has 0 saturated carbocycles. The molecule has 1 N–H and O–H groups in total. The van der Waals surface area contributed by atoms with Gasteiger partial charge in [0, 0.05) is 26.9 Å². The summed E-state index contributed by atoms with van der Waals surface area (Å²) in [4.78, 5) is 24.2. The number of hydrogen-bond donors (Lipinski definition) is 1. The van der Waals surface area contributed by atoms with Crippen molar-refractivity contribution in [2.45, 2.75) is 26.8 Å². The molecule has 0 heterocycles. The first kappa shape index (κ1) is 14.2. The van der Waals surface area contributed by atoms with Crippen molar-refractivity contribution < 1.29 is 9.59 Å². The van der Waals surface area contributed by atoms with Gasteiger partial charge in [-0.2, -0.15) is 0 Å². The lowest BCUT2D eigenvalue weighted by atomic mass is 10.1. The maximum Gasteiger partial charge on any atom is 0.220 e. The Balaban J connectivity index is 2.67. The molecule has 1 rings (SSSR count). The van der Waals surface area contributed by atoms with E-state index in [9.17, 15) is 9.59 Å². The van der Waals surface area contributed by atoms with Gasteiger partial charge in [-0.15, -0.1) is 0 Å². The molecule has 0 spiro atoms. The van der Waals surface area contributed by atoms with E-state index in [1.165, 1.54) is 6.92 Å². The average Bonchev–Trinajstić information content (AvgIpc) is 2.34. The quantitative estimate of drug-likeness (QED) is 0.862. The van der Waals surface area contributed by atoms with E-state index >= 15 is 0 Å². The Hall–Kier alpha value is -1.84. The second-order valence-electron chi connectivity index (χ2n) is 4.28. The number of nitrogens with one attached hydrogen (secondary N) is 1. The Morgan fingerprint density at radius 2 is 1.83 bits per heavy atom. The Labute approximate surface area is 108 Å². The van der Waals surface area contributed by atoms with Gasteiger partial charge in [-0.1, -0.05) is 30.3 Å². The first-order chi connectivity index (χ1) is 8.52. The third kappa shape index (κ3) is 4.20. The molecule has 0 aliphatic rings. The number of rotatable bonds is 5. The molecule has 1 aromatic carbocycles. The fourth-order valence-corrected chi connectivity index (χ4v) is 1.89. The summed E-state index contributed by atoms with van der Waals surface area (Å²) < 4.78 is 0. The van der Waals surface area contributed by atoms with E-state index in [4.69, 9.17) is 0 Å². The molecule has 18 heavy (non-hydrogen) atoms. The number of carbonyl (C=O) groups excluding carboxylic acids is 2. The second kappa shape index (κ2) is 6.79. The summed E-state index contributed by atoms with van der Waals surface area (Å²) >= 11 is 0. The molecule has 4 nitrogen and oxygen atoms in total. The van der Waals surface area contributed by atoms with Crippen molar-refractivity contribution in [1.82, 2.24) is 10.2 Å². The molecule has 0 aliphatic carbocycles. The van der Waals surface area contributed by atoms with Crippen LogP contribution >= 0.6 is 0 Å². The Morgan fingerprint density at radius 1 is 1.22 bits per heavy atom. The van der Waals surface area contributed by atoms with Gasteiger partial charge in [0.25, 0.3) is 0 Å². The predicted octanol–water partition coefficient (Wildman–Crippen LogP) is 1.73. The van der Waals surface area contributed by atoms with Crippen LogP contribution in [-0.2, 0) is 9.59 Å². The normalized spacial score (nSPS) is 11.7. The Morgan fingerprint density at radius 3 is 2.33 bits per heavy atom. The van der Waals surface area contributed by atoms with E-state index < -0.39 is 0 Å². The molecule has 0 aromatic heterocycles. The van der Waals surface area contributed by atoms with Crippen LogP contribution in [0.4, 0.5) is 0 Å². The molecule has 0 aliphatic heterocycles. The van der Waals surface area contributed by atoms with Crippen LogP contribution in [0.3, 0.4) is 0 Å². The number of carbonyl (C=O) groups is 2. The van der Waals surface area contributed by atoms with Crippen molar-refractivity contribution >= 4 is 11.8 Å². The van der Waals surface area contributed by atoms with Crippen LogP contribution in [-0.4, -0.2) is 29.8 Å². The van der Waals surface area contributed by atoms with Gasteiger partial charge in [0.15, 0.2) is 0 Å². The van der Waals surface area contributed by atoms with Crippen LogP contribution in [0.15, 0.2) is 30.3 Å². The third-order valence-corrected chi connectivity index (χ3v) is 2.88. The van der Waals surface area contributed by atoms with Gasteiger partial charge in [0.2, 0.25) is 11.8 Å². The van der Waals surface area contributed by atoms with Crippen LogP contribution in [0, 0.1) is 0 Å². The summed E-state index contributed by atoms with van der Waals surface area (Å²) in [7, 11) is 0. The highest BCUT2D eigenvalue weighted by atomic mass is 16.2. The van der Waals surface area contributed by atoms with Crippen molar-refractivity contribution in [2.75, 3.05) is 13.1 Å². The predicted molar refractivity (Wildman–Crippen MR) is 70.9 cm³/mol. The summed E-state index contributed by atoms with van der Waals surface area (Å²) in [6.07, 6.45) is 0. The van der Waals surface area contributed by atoms with Gasteiger partial charge >= 0.3 is 0 Å². The van der Waals surface area contributed by atoms with E-state index in [0.29, 0.717) is 13.1 Å². The van der Waals surface area contributed by atoms with Crippen molar-refractivity contribution in [3.63, 3.8) is 0 Å². The highest BCUT2D eigenvalue weighted by molar-refractivity contribution is 5.74. The maximum atomic E-state index is 11.6. The van der Waals surface area contributed by atoms with Crippen LogP contribution in [0.1, 0.15) is 32.4 Å². The van der Waals surface area contributed by atoms with Gasteiger partial charge in [-0.3, -0.25) is 9.59 Å². The topological polar surface area (TPSA) is 49.4 Å². The molecule has 1 unspecified atom stereocenters. The lowest BCUT2D eigenvalue weighted by Gasteiger charge is -2.28. The minimum atomic E-state index is -0.0779. The molecule has 0 fully saturated rings. The molecule has 98 valence electrons. The van der Waals surface area contributed by atoms with Crippen molar-refractivity contribution in [1.29, 1.82) is 0 Å². The van der Waals surface area contributed by atoms with Crippen LogP contribution in [0.25, 0.3) is 0 Å². The van der Waals surface area contributed by atoms with Gasteiger partial charge in [-0.05, 0) is 12.5 Å². The first-order valence-electron chi connectivity index (χ1n) is 6.09. The van der Waals surface area contributed by atoms with E-state index in [1.54, 1.807) is 11.8 Å². The number of benzene rings is 1. The summed E-state index contributed by atoms with van der Waals surface area (Å²) in [5.74, 6) is -0.0671. The van der Waals surface area contributed by atoms with E-state index in [-0.39, 0.29) is 17.9 Å².